The summed E-state index contributed by atoms with van der Waals surface area (Å²) in [6.45, 7) is 0. The van der Waals surface area contributed by atoms with E-state index in [9.17, 15) is 9.90 Å². The number of aromatic hydroxyl groups is 1. The number of carbonyl (C=O) groups excluding carboxylic acids is 1. The molecule has 2 aromatic carbocycles. The van der Waals surface area contributed by atoms with Crippen molar-refractivity contribution in [3.05, 3.63) is 59.7 Å². The smallest absolute Gasteiger partial charge is 0.196 e. The van der Waals surface area contributed by atoms with Gasteiger partial charge in [-0.2, -0.15) is 5.90 Å². The van der Waals surface area contributed by atoms with Crippen LogP contribution in [0, 0.1) is 0 Å². The monoisotopic (exact) mass is 229 g/mol. The third-order valence-electron chi connectivity index (χ3n) is 2.40. The molecule has 0 amide bonds. The van der Waals surface area contributed by atoms with Crippen molar-refractivity contribution in [3.63, 3.8) is 0 Å². The molecule has 0 aromatic heterocycles. The predicted octanol–water partition coefficient (Wildman–Crippen LogP) is 1.88. The average molecular weight is 229 g/mol. The van der Waals surface area contributed by atoms with Crippen LogP contribution in [0.25, 0.3) is 0 Å². The minimum Gasteiger partial charge on any atom is -0.507 e. The van der Waals surface area contributed by atoms with Gasteiger partial charge < -0.3 is 9.94 Å². The zero-order chi connectivity index (χ0) is 12.3. The van der Waals surface area contributed by atoms with Crippen molar-refractivity contribution in [1.29, 1.82) is 0 Å². The number of ketones is 1. The Morgan fingerprint density at radius 1 is 1.06 bits per heavy atom. The normalized spacial score (nSPS) is 9.94. The molecule has 0 aliphatic rings. The van der Waals surface area contributed by atoms with Crippen LogP contribution >= 0.6 is 0 Å². The summed E-state index contributed by atoms with van der Waals surface area (Å²) in [5, 5.41) is 9.58. The zero-order valence-corrected chi connectivity index (χ0v) is 8.96. The number of rotatable bonds is 3. The Labute approximate surface area is 98.2 Å². The SMILES string of the molecule is NOc1ccc(C(=O)c2ccccc2O)cc1. The maximum Gasteiger partial charge on any atom is 0.196 e. The second-order valence-corrected chi connectivity index (χ2v) is 3.49. The average Bonchev–Trinajstić information content (AvgIpc) is 2.39. The van der Waals surface area contributed by atoms with Gasteiger partial charge >= 0.3 is 0 Å². The maximum absolute atomic E-state index is 12.0. The molecule has 0 heterocycles. The second kappa shape index (κ2) is 4.67. The van der Waals surface area contributed by atoms with Gasteiger partial charge in [0.05, 0.1) is 5.56 Å². The van der Waals surface area contributed by atoms with Gasteiger partial charge in [-0.25, -0.2) is 0 Å². The summed E-state index contributed by atoms with van der Waals surface area (Å²) in [5.41, 5.74) is 0.737. The number of phenolic OH excluding ortho intramolecular Hbond substituents is 1. The first-order valence-corrected chi connectivity index (χ1v) is 5.02. The van der Waals surface area contributed by atoms with Crippen LogP contribution in [0.3, 0.4) is 0 Å². The lowest BCUT2D eigenvalue weighted by Crippen LogP contribution is -2.04. The highest BCUT2D eigenvalue weighted by Gasteiger charge is 2.12. The molecule has 0 radical (unpaired) electrons. The van der Waals surface area contributed by atoms with Crippen LogP contribution in [0.15, 0.2) is 48.5 Å². The first-order valence-electron chi connectivity index (χ1n) is 5.02. The molecule has 86 valence electrons. The Balaban J connectivity index is 2.34. The van der Waals surface area contributed by atoms with Crippen LogP contribution in [-0.4, -0.2) is 10.9 Å². The summed E-state index contributed by atoms with van der Waals surface area (Å²) < 4.78 is 0. The lowest BCUT2D eigenvalue weighted by Gasteiger charge is -2.04. The van der Waals surface area contributed by atoms with Crippen LogP contribution in [0.4, 0.5) is 0 Å². The van der Waals surface area contributed by atoms with E-state index >= 15 is 0 Å². The summed E-state index contributed by atoms with van der Waals surface area (Å²) in [5.74, 6) is 5.18. The summed E-state index contributed by atoms with van der Waals surface area (Å²) >= 11 is 0. The van der Waals surface area contributed by atoms with E-state index in [0.717, 1.165) is 0 Å². The third-order valence-corrected chi connectivity index (χ3v) is 2.40. The molecule has 17 heavy (non-hydrogen) atoms. The van der Waals surface area contributed by atoms with Gasteiger partial charge in [-0.05, 0) is 36.4 Å². The molecule has 0 spiro atoms. The standard InChI is InChI=1S/C13H11NO3/c14-17-10-7-5-9(6-8-10)13(16)11-3-1-2-4-12(11)15/h1-8,15H,14H2. The summed E-state index contributed by atoms with van der Waals surface area (Å²) in [7, 11) is 0. The van der Waals surface area contributed by atoms with E-state index in [1.54, 1.807) is 42.5 Å². The molecular weight excluding hydrogens is 218 g/mol. The molecule has 0 fully saturated rings. The largest absolute Gasteiger partial charge is 0.507 e. The van der Waals surface area contributed by atoms with E-state index < -0.39 is 0 Å². The Kier molecular flexibility index (Phi) is 3.07. The summed E-state index contributed by atoms with van der Waals surface area (Å²) in [6.07, 6.45) is 0. The molecule has 2 aromatic rings. The van der Waals surface area contributed by atoms with Crippen LogP contribution < -0.4 is 10.7 Å². The Morgan fingerprint density at radius 2 is 1.71 bits per heavy atom. The van der Waals surface area contributed by atoms with Crippen LogP contribution in [0.5, 0.6) is 11.5 Å². The van der Waals surface area contributed by atoms with Crippen molar-refractivity contribution in [2.75, 3.05) is 0 Å². The van der Waals surface area contributed by atoms with Crippen LogP contribution in [0.1, 0.15) is 15.9 Å². The third kappa shape index (κ3) is 2.26. The zero-order valence-electron chi connectivity index (χ0n) is 8.96. The molecule has 3 N–H and O–H groups in total. The lowest BCUT2D eigenvalue weighted by atomic mass is 10.0. The minimum atomic E-state index is -0.244. The van der Waals surface area contributed by atoms with E-state index in [1.807, 2.05) is 0 Å². The fraction of sp³-hybridized carbons (Fsp3) is 0. The first-order chi connectivity index (χ1) is 8.22. The van der Waals surface area contributed by atoms with Crippen molar-refractivity contribution in [3.8, 4) is 11.5 Å². The van der Waals surface area contributed by atoms with Gasteiger partial charge in [0.25, 0.3) is 0 Å². The molecule has 0 atom stereocenters. The predicted molar refractivity (Wildman–Crippen MR) is 62.8 cm³/mol. The number of carbonyl (C=O) groups is 1. The molecule has 4 heteroatoms. The molecule has 0 saturated heterocycles. The highest BCUT2D eigenvalue weighted by molar-refractivity contribution is 6.10. The fourth-order valence-electron chi connectivity index (χ4n) is 1.51. The van der Waals surface area contributed by atoms with E-state index in [4.69, 9.17) is 5.90 Å². The van der Waals surface area contributed by atoms with E-state index in [2.05, 4.69) is 4.84 Å². The van der Waals surface area contributed by atoms with Gasteiger partial charge in [-0.3, -0.25) is 4.79 Å². The van der Waals surface area contributed by atoms with Gasteiger partial charge in [0, 0.05) is 5.56 Å². The fourth-order valence-corrected chi connectivity index (χ4v) is 1.51. The second-order valence-electron chi connectivity index (χ2n) is 3.49. The number of benzene rings is 2. The Bertz CT molecular complexity index is 535. The molecule has 0 aliphatic carbocycles. The van der Waals surface area contributed by atoms with Gasteiger partial charge in [-0.15, -0.1) is 0 Å². The van der Waals surface area contributed by atoms with Gasteiger partial charge in [0.2, 0.25) is 0 Å². The highest BCUT2D eigenvalue weighted by atomic mass is 16.6. The number of hydrogen-bond acceptors (Lipinski definition) is 4. The number of hydrogen-bond donors (Lipinski definition) is 2. The minimum absolute atomic E-state index is 0.0309. The molecule has 0 aliphatic heterocycles. The van der Waals surface area contributed by atoms with Gasteiger partial charge in [0.15, 0.2) is 5.78 Å². The molecule has 0 saturated carbocycles. The molecule has 4 nitrogen and oxygen atoms in total. The lowest BCUT2D eigenvalue weighted by molar-refractivity contribution is 0.103. The summed E-state index contributed by atoms with van der Waals surface area (Å²) in [4.78, 5) is 16.6. The van der Waals surface area contributed by atoms with Crippen molar-refractivity contribution in [2.24, 2.45) is 5.90 Å². The van der Waals surface area contributed by atoms with E-state index in [0.29, 0.717) is 11.3 Å². The maximum atomic E-state index is 12.0. The molecular formula is C13H11NO3. The topological polar surface area (TPSA) is 72.5 Å². The first kappa shape index (κ1) is 11.2. The molecule has 0 bridgehead atoms. The van der Waals surface area contributed by atoms with Gasteiger partial charge in [-0.1, -0.05) is 12.1 Å². The molecule has 2 rings (SSSR count). The van der Waals surface area contributed by atoms with Crippen molar-refractivity contribution < 1.29 is 14.7 Å². The molecule has 0 unspecified atom stereocenters. The highest BCUT2D eigenvalue weighted by Crippen LogP contribution is 2.21. The quantitative estimate of drug-likeness (QED) is 0.622. The van der Waals surface area contributed by atoms with Crippen LogP contribution in [-0.2, 0) is 0 Å². The van der Waals surface area contributed by atoms with Crippen LogP contribution in [0.2, 0.25) is 0 Å². The van der Waals surface area contributed by atoms with Crippen molar-refractivity contribution in [1.82, 2.24) is 0 Å². The van der Waals surface area contributed by atoms with Crippen molar-refractivity contribution in [2.45, 2.75) is 0 Å². The number of nitrogens with two attached hydrogens (primary N) is 1. The van der Waals surface area contributed by atoms with E-state index in [-0.39, 0.29) is 17.1 Å². The van der Waals surface area contributed by atoms with E-state index in [1.165, 1.54) is 6.07 Å². The van der Waals surface area contributed by atoms with Gasteiger partial charge in [0.1, 0.15) is 11.5 Å². The number of para-hydroxylation sites is 1. The number of phenols is 1. The Hall–Kier alpha value is -2.33. The van der Waals surface area contributed by atoms with Crippen molar-refractivity contribution >= 4 is 5.78 Å². The Morgan fingerprint density at radius 3 is 2.29 bits per heavy atom. The summed E-state index contributed by atoms with van der Waals surface area (Å²) in [6, 6.07) is 12.8.